The zero-order valence-corrected chi connectivity index (χ0v) is 11.4. The molecule has 0 saturated heterocycles. The zero-order valence-electron chi connectivity index (χ0n) is 11.4. The van der Waals surface area contributed by atoms with Gasteiger partial charge in [0.05, 0.1) is 13.2 Å². The van der Waals surface area contributed by atoms with E-state index in [9.17, 15) is 13.2 Å². The SMILES string of the molecule is COc1cccc(CC(NN)c2ccc(F)c(F)c2F)c1. The lowest BCUT2D eigenvalue weighted by molar-refractivity contribution is 0.412. The van der Waals surface area contributed by atoms with Gasteiger partial charge in [-0.1, -0.05) is 18.2 Å². The number of hydrazine groups is 1. The fraction of sp³-hybridized carbons (Fsp3) is 0.200. The van der Waals surface area contributed by atoms with Crippen LogP contribution in [0.3, 0.4) is 0 Å². The molecule has 0 radical (unpaired) electrons. The van der Waals surface area contributed by atoms with Gasteiger partial charge < -0.3 is 4.74 Å². The van der Waals surface area contributed by atoms with E-state index in [0.29, 0.717) is 12.2 Å². The Kier molecular flexibility index (Phi) is 4.82. The third-order valence-corrected chi connectivity index (χ3v) is 3.22. The topological polar surface area (TPSA) is 47.3 Å². The lowest BCUT2D eigenvalue weighted by Crippen LogP contribution is -2.30. The van der Waals surface area contributed by atoms with Crippen molar-refractivity contribution >= 4 is 0 Å². The van der Waals surface area contributed by atoms with Crippen LogP contribution in [0, 0.1) is 17.5 Å². The average molecular weight is 296 g/mol. The van der Waals surface area contributed by atoms with E-state index in [2.05, 4.69) is 5.43 Å². The van der Waals surface area contributed by atoms with Crippen LogP contribution in [0.1, 0.15) is 17.2 Å². The Bertz CT molecular complexity index is 634. The number of halogens is 3. The van der Waals surface area contributed by atoms with Gasteiger partial charge in [0.1, 0.15) is 5.75 Å². The molecule has 1 atom stereocenters. The summed E-state index contributed by atoms with van der Waals surface area (Å²) in [4.78, 5) is 0. The smallest absolute Gasteiger partial charge is 0.194 e. The Labute approximate surface area is 120 Å². The summed E-state index contributed by atoms with van der Waals surface area (Å²) < 4.78 is 45.2. The van der Waals surface area contributed by atoms with Crippen LogP contribution in [-0.4, -0.2) is 7.11 Å². The number of hydrogen-bond donors (Lipinski definition) is 2. The third kappa shape index (κ3) is 3.34. The van der Waals surface area contributed by atoms with Crippen LogP contribution in [0.15, 0.2) is 36.4 Å². The molecule has 21 heavy (non-hydrogen) atoms. The Morgan fingerprint density at radius 1 is 1.14 bits per heavy atom. The van der Waals surface area contributed by atoms with E-state index in [1.807, 2.05) is 6.07 Å². The number of nitrogens with one attached hydrogen (secondary N) is 1. The number of benzene rings is 2. The average Bonchev–Trinajstić information content (AvgIpc) is 2.51. The highest BCUT2D eigenvalue weighted by molar-refractivity contribution is 5.31. The van der Waals surface area contributed by atoms with E-state index in [0.717, 1.165) is 11.6 Å². The number of ether oxygens (including phenoxy) is 1. The number of hydrogen-bond acceptors (Lipinski definition) is 3. The van der Waals surface area contributed by atoms with Crippen molar-refractivity contribution in [2.24, 2.45) is 5.84 Å². The number of nitrogens with two attached hydrogens (primary N) is 1. The van der Waals surface area contributed by atoms with Gasteiger partial charge in [-0.3, -0.25) is 11.3 Å². The van der Waals surface area contributed by atoms with Crippen molar-refractivity contribution in [1.29, 1.82) is 0 Å². The Hall–Kier alpha value is -2.05. The summed E-state index contributed by atoms with van der Waals surface area (Å²) in [6.07, 6.45) is 0.301. The molecule has 0 amide bonds. The molecule has 112 valence electrons. The monoisotopic (exact) mass is 296 g/mol. The minimum atomic E-state index is -1.50. The molecule has 2 aromatic carbocycles. The molecule has 0 heterocycles. The van der Waals surface area contributed by atoms with Crippen LogP contribution in [0.2, 0.25) is 0 Å². The van der Waals surface area contributed by atoms with Crippen LogP contribution in [-0.2, 0) is 6.42 Å². The van der Waals surface area contributed by atoms with Crippen LogP contribution >= 0.6 is 0 Å². The molecule has 2 rings (SSSR count). The number of methoxy groups -OCH3 is 1. The summed E-state index contributed by atoms with van der Waals surface area (Å²) >= 11 is 0. The lowest BCUT2D eigenvalue weighted by Gasteiger charge is -2.18. The fourth-order valence-corrected chi connectivity index (χ4v) is 2.10. The minimum absolute atomic E-state index is 0.0285. The van der Waals surface area contributed by atoms with Crippen molar-refractivity contribution in [2.75, 3.05) is 7.11 Å². The molecule has 0 spiro atoms. The van der Waals surface area contributed by atoms with E-state index >= 15 is 0 Å². The second kappa shape index (κ2) is 6.60. The number of rotatable bonds is 5. The van der Waals surface area contributed by atoms with E-state index in [1.165, 1.54) is 13.2 Å². The van der Waals surface area contributed by atoms with Crippen LogP contribution < -0.4 is 16.0 Å². The summed E-state index contributed by atoms with van der Waals surface area (Å²) in [7, 11) is 1.53. The largest absolute Gasteiger partial charge is 0.497 e. The molecule has 0 bridgehead atoms. The molecule has 6 heteroatoms. The quantitative estimate of drug-likeness (QED) is 0.507. The third-order valence-electron chi connectivity index (χ3n) is 3.22. The second-order valence-corrected chi connectivity index (χ2v) is 4.54. The van der Waals surface area contributed by atoms with Crippen LogP contribution in [0.25, 0.3) is 0 Å². The second-order valence-electron chi connectivity index (χ2n) is 4.54. The van der Waals surface area contributed by atoms with Gasteiger partial charge in [0.2, 0.25) is 0 Å². The first-order valence-corrected chi connectivity index (χ1v) is 6.29. The maximum atomic E-state index is 13.8. The molecular formula is C15H15F3N2O. The predicted molar refractivity (Wildman–Crippen MR) is 73.1 cm³/mol. The van der Waals surface area contributed by atoms with Crippen molar-refractivity contribution in [3.05, 3.63) is 65.0 Å². The predicted octanol–water partition coefficient (Wildman–Crippen LogP) is 2.86. The molecule has 2 aromatic rings. The van der Waals surface area contributed by atoms with Gasteiger partial charge in [0, 0.05) is 5.56 Å². The molecule has 0 fully saturated rings. The molecular weight excluding hydrogens is 281 g/mol. The molecule has 0 aliphatic rings. The van der Waals surface area contributed by atoms with E-state index in [1.54, 1.807) is 18.2 Å². The standard InChI is InChI=1S/C15H15F3N2O/c1-21-10-4-2-3-9(7-10)8-13(20-19)11-5-6-12(16)15(18)14(11)17/h2-7,13,20H,8,19H2,1H3. The summed E-state index contributed by atoms with van der Waals surface area (Å²) in [6, 6.07) is 8.50. The van der Waals surface area contributed by atoms with Crippen molar-refractivity contribution in [3.63, 3.8) is 0 Å². The summed E-state index contributed by atoms with van der Waals surface area (Å²) in [5, 5.41) is 0. The highest BCUT2D eigenvalue weighted by atomic mass is 19.2. The summed E-state index contributed by atoms with van der Waals surface area (Å²) in [6.45, 7) is 0. The Morgan fingerprint density at radius 2 is 1.90 bits per heavy atom. The highest BCUT2D eigenvalue weighted by Gasteiger charge is 2.20. The Morgan fingerprint density at radius 3 is 2.57 bits per heavy atom. The minimum Gasteiger partial charge on any atom is -0.497 e. The van der Waals surface area contributed by atoms with Crippen molar-refractivity contribution in [1.82, 2.24) is 5.43 Å². The van der Waals surface area contributed by atoms with E-state index in [4.69, 9.17) is 10.6 Å². The molecule has 0 aromatic heterocycles. The normalized spacial score (nSPS) is 12.2. The summed E-state index contributed by atoms with van der Waals surface area (Å²) in [5.41, 5.74) is 3.21. The van der Waals surface area contributed by atoms with Crippen molar-refractivity contribution in [3.8, 4) is 5.75 Å². The van der Waals surface area contributed by atoms with Crippen LogP contribution in [0.4, 0.5) is 13.2 Å². The molecule has 0 aliphatic heterocycles. The molecule has 0 saturated carbocycles. The maximum absolute atomic E-state index is 13.8. The molecule has 1 unspecified atom stereocenters. The van der Waals surface area contributed by atoms with E-state index in [-0.39, 0.29) is 5.56 Å². The summed E-state index contributed by atoms with van der Waals surface area (Å²) in [5.74, 6) is 2.10. The zero-order chi connectivity index (χ0) is 15.4. The first-order valence-electron chi connectivity index (χ1n) is 6.29. The van der Waals surface area contributed by atoms with Gasteiger partial charge in [-0.15, -0.1) is 0 Å². The lowest BCUT2D eigenvalue weighted by atomic mass is 9.98. The Balaban J connectivity index is 2.30. The van der Waals surface area contributed by atoms with Gasteiger partial charge in [0.25, 0.3) is 0 Å². The molecule has 0 aliphatic carbocycles. The van der Waals surface area contributed by atoms with Crippen molar-refractivity contribution in [2.45, 2.75) is 12.5 Å². The van der Waals surface area contributed by atoms with Gasteiger partial charge in [-0.2, -0.15) is 0 Å². The molecule has 3 N–H and O–H groups in total. The first-order chi connectivity index (χ1) is 10.1. The highest BCUT2D eigenvalue weighted by Crippen LogP contribution is 2.25. The first kappa shape index (κ1) is 15.3. The fourth-order valence-electron chi connectivity index (χ4n) is 2.10. The van der Waals surface area contributed by atoms with Gasteiger partial charge in [0.15, 0.2) is 17.5 Å². The van der Waals surface area contributed by atoms with Crippen LogP contribution in [0.5, 0.6) is 5.75 Å². The maximum Gasteiger partial charge on any atom is 0.194 e. The van der Waals surface area contributed by atoms with Gasteiger partial charge in [-0.05, 0) is 30.2 Å². The van der Waals surface area contributed by atoms with E-state index < -0.39 is 23.5 Å². The van der Waals surface area contributed by atoms with Crippen molar-refractivity contribution < 1.29 is 17.9 Å². The van der Waals surface area contributed by atoms with Gasteiger partial charge in [-0.25, -0.2) is 13.2 Å². The van der Waals surface area contributed by atoms with Gasteiger partial charge >= 0.3 is 0 Å². The molecule has 3 nitrogen and oxygen atoms in total.